The number of rotatable bonds is 7. The summed E-state index contributed by atoms with van der Waals surface area (Å²) >= 11 is 3.24. The molecule has 0 saturated heterocycles. The molecule has 0 unspecified atom stereocenters. The van der Waals surface area contributed by atoms with Gasteiger partial charge in [0.15, 0.2) is 0 Å². The maximum atomic E-state index is 13.2. The smallest absolute Gasteiger partial charge is 0.256 e. The van der Waals surface area contributed by atoms with Crippen molar-refractivity contribution < 1.29 is 13.9 Å². The lowest BCUT2D eigenvalue weighted by Gasteiger charge is -2.11. The molecule has 0 fully saturated rings. The van der Waals surface area contributed by atoms with Crippen molar-refractivity contribution in [3.8, 4) is 11.6 Å². The van der Waals surface area contributed by atoms with Crippen LogP contribution in [-0.4, -0.2) is 27.2 Å². The van der Waals surface area contributed by atoms with Crippen LogP contribution in [0.2, 0.25) is 0 Å². The summed E-state index contributed by atoms with van der Waals surface area (Å²) in [5.41, 5.74) is 1.41. The first-order chi connectivity index (χ1) is 13.0. The predicted octanol–water partition coefficient (Wildman–Crippen LogP) is 4.10. The molecule has 1 aromatic carbocycles. The van der Waals surface area contributed by atoms with E-state index in [0.29, 0.717) is 28.9 Å². The van der Waals surface area contributed by atoms with Gasteiger partial charge in [0.05, 0.1) is 10.7 Å². The van der Waals surface area contributed by atoms with Crippen molar-refractivity contribution in [2.75, 3.05) is 6.54 Å². The highest BCUT2D eigenvalue weighted by atomic mass is 79.9. The quantitative estimate of drug-likeness (QED) is 0.570. The summed E-state index contributed by atoms with van der Waals surface area (Å²) in [7, 11) is 0. The third kappa shape index (κ3) is 5.13. The molecule has 2 aromatic heterocycles. The second-order valence-corrected chi connectivity index (χ2v) is 6.78. The Morgan fingerprint density at radius 1 is 1.37 bits per heavy atom. The number of aryl methyl sites for hydroxylation is 2. The number of ether oxygens (including phenoxy) is 1. The Bertz CT molecular complexity index is 945. The molecular formula is C19H18BrFN4O2. The molecule has 2 heterocycles. The number of benzene rings is 1. The third-order valence-corrected chi connectivity index (χ3v) is 4.35. The van der Waals surface area contributed by atoms with Gasteiger partial charge in [0.1, 0.15) is 17.1 Å². The lowest BCUT2D eigenvalue weighted by Crippen LogP contribution is -2.26. The van der Waals surface area contributed by atoms with E-state index in [0.717, 1.165) is 12.0 Å². The normalized spacial score (nSPS) is 10.6. The van der Waals surface area contributed by atoms with E-state index in [4.69, 9.17) is 4.74 Å². The molecule has 0 bridgehead atoms. The highest BCUT2D eigenvalue weighted by molar-refractivity contribution is 9.10. The highest BCUT2D eigenvalue weighted by Crippen LogP contribution is 2.30. The number of nitrogens with one attached hydrogen (secondary N) is 1. The number of amides is 1. The molecule has 0 aliphatic rings. The molecule has 6 nitrogen and oxygen atoms in total. The fourth-order valence-corrected chi connectivity index (χ4v) is 2.87. The molecule has 140 valence electrons. The standard InChI is InChI=1S/C19H18BrFN4O2/c1-13-11-24-25(12-13)9-3-8-22-18(26)15-4-2-7-23-19(15)27-17-6-5-14(21)10-16(17)20/h2,4-7,10-12H,3,8-9H2,1H3,(H,22,26). The molecule has 0 radical (unpaired) electrons. The molecule has 27 heavy (non-hydrogen) atoms. The lowest BCUT2D eigenvalue weighted by molar-refractivity contribution is 0.0949. The molecule has 0 aliphatic carbocycles. The number of carbonyl (C=O) groups is 1. The van der Waals surface area contributed by atoms with E-state index in [1.165, 1.54) is 24.4 Å². The second-order valence-electron chi connectivity index (χ2n) is 5.92. The maximum Gasteiger partial charge on any atom is 0.256 e. The van der Waals surface area contributed by atoms with E-state index >= 15 is 0 Å². The van der Waals surface area contributed by atoms with Crippen LogP contribution in [0.3, 0.4) is 0 Å². The van der Waals surface area contributed by atoms with Crippen LogP contribution < -0.4 is 10.1 Å². The van der Waals surface area contributed by atoms with Gasteiger partial charge in [-0.25, -0.2) is 9.37 Å². The minimum absolute atomic E-state index is 0.157. The van der Waals surface area contributed by atoms with Gasteiger partial charge >= 0.3 is 0 Å². The molecule has 1 N–H and O–H groups in total. The van der Waals surface area contributed by atoms with Crippen LogP contribution in [-0.2, 0) is 6.54 Å². The Labute approximate surface area is 164 Å². The number of carbonyl (C=O) groups excluding carboxylic acids is 1. The Morgan fingerprint density at radius 2 is 2.22 bits per heavy atom. The zero-order valence-electron chi connectivity index (χ0n) is 14.7. The second kappa shape index (κ2) is 8.77. The van der Waals surface area contributed by atoms with Crippen LogP contribution in [0.4, 0.5) is 4.39 Å². The molecule has 8 heteroatoms. The molecule has 0 saturated carbocycles. The molecule has 3 rings (SSSR count). The van der Waals surface area contributed by atoms with Crippen molar-refractivity contribution in [2.24, 2.45) is 0 Å². The van der Waals surface area contributed by atoms with Gasteiger partial charge < -0.3 is 10.1 Å². The highest BCUT2D eigenvalue weighted by Gasteiger charge is 2.15. The topological polar surface area (TPSA) is 69.0 Å². The third-order valence-electron chi connectivity index (χ3n) is 3.73. The van der Waals surface area contributed by atoms with Gasteiger partial charge in [0, 0.05) is 25.5 Å². The van der Waals surface area contributed by atoms with Gasteiger partial charge in [-0.15, -0.1) is 0 Å². The first-order valence-electron chi connectivity index (χ1n) is 8.38. The summed E-state index contributed by atoms with van der Waals surface area (Å²) in [5, 5.41) is 7.06. The summed E-state index contributed by atoms with van der Waals surface area (Å²) < 4.78 is 21.2. The molecule has 0 atom stereocenters. The Morgan fingerprint density at radius 3 is 2.96 bits per heavy atom. The summed E-state index contributed by atoms with van der Waals surface area (Å²) in [5.74, 6) is -0.142. The molecule has 0 spiro atoms. The zero-order valence-corrected chi connectivity index (χ0v) is 16.2. The maximum absolute atomic E-state index is 13.2. The number of hydrogen-bond donors (Lipinski definition) is 1. The van der Waals surface area contributed by atoms with Gasteiger partial charge in [-0.3, -0.25) is 9.48 Å². The van der Waals surface area contributed by atoms with Crippen LogP contribution >= 0.6 is 15.9 Å². The average Bonchev–Trinajstić information content (AvgIpc) is 3.06. The van der Waals surface area contributed by atoms with E-state index in [1.54, 1.807) is 18.3 Å². The first-order valence-corrected chi connectivity index (χ1v) is 9.17. The van der Waals surface area contributed by atoms with Gasteiger partial charge in [-0.1, -0.05) is 0 Å². The van der Waals surface area contributed by atoms with Crippen molar-refractivity contribution in [1.29, 1.82) is 0 Å². The largest absolute Gasteiger partial charge is 0.437 e. The summed E-state index contributed by atoms with van der Waals surface area (Å²) in [6, 6.07) is 7.33. The Kier molecular flexibility index (Phi) is 6.18. The summed E-state index contributed by atoms with van der Waals surface area (Å²) in [6.45, 7) is 3.19. The zero-order chi connectivity index (χ0) is 19.2. The van der Waals surface area contributed by atoms with Crippen molar-refractivity contribution >= 4 is 21.8 Å². The molecule has 1 amide bonds. The van der Waals surface area contributed by atoms with E-state index in [-0.39, 0.29) is 17.6 Å². The lowest BCUT2D eigenvalue weighted by atomic mass is 10.2. The fourth-order valence-electron chi connectivity index (χ4n) is 2.43. The minimum Gasteiger partial charge on any atom is -0.437 e. The number of nitrogens with zero attached hydrogens (tertiary/aromatic N) is 3. The van der Waals surface area contributed by atoms with E-state index < -0.39 is 0 Å². The monoisotopic (exact) mass is 432 g/mol. The molecular weight excluding hydrogens is 415 g/mol. The van der Waals surface area contributed by atoms with Crippen LogP contribution in [0.25, 0.3) is 0 Å². The number of halogens is 2. The molecule has 3 aromatic rings. The van der Waals surface area contributed by atoms with Crippen molar-refractivity contribution in [3.63, 3.8) is 0 Å². The van der Waals surface area contributed by atoms with Crippen LogP contribution in [0.1, 0.15) is 22.3 Å². The average molecular weight is 433 g/mol. The fraction of sp³-hybridized carbons (Fsp3) is 0.211. The van der Waals surface area contributed by atoms with Gasteiger partial charge in [-0.05, 0) is 65.2 Å². The van der Waals surface area contributed by atoms with Crippen LogP contribution in [0, 0.1) is 12.7 Å². The molecule has 0 aliphatic heterocycles. The number of aromatic nitrogens is 3. The van der Waals surface area contributed by atoms with Crippen LogP contribution in [0.5, 0.6) is 11.6 Å². The van der Waals surface area contributed by atoms with Gasteiger partial charge in [-0.2, -0.15) is 5.10 Å². The van der Waals surface area contributed by atoms with Gasteiger partial charge in [0.2, 0.25) is 5.88 Å². The Balaban J connectivity index is 1.61. The van der Waals surface area contributed by atoms with E-state index in [1.807, 2.05) is 17.8 Å². The first kappa shape index (κ1) is 19.0. The predicted molar refractivity (Wildman–Crippen MR) is 102 cm³/mol. The number of hydrogen-bond acceptors (Lipinski definition) is 4. The summed E-state index contributed by atoms with van der Waals surface area (Å²) in [4.78, 5) is 16.6. The number of pyridine rings is 1. The minimum atomic E-state index is -0.388. The van der Waals surface area contributed by atoms with E-state index in [2.05, 4.69) is 31.3 Å². The van der Waals surface area contributed by atoms with Crippen molar-refractivity contribution in [1.82, 2.24) is 20.1 Å². The van der Waals surface area contributed by atoms with E-state index in [9.17, 15) is 9.18 Å². The van der Waals surface area contributed by atoms with Crippen LogP contribution in [0.15, 0.2) is 53.4 Å². The van der Waals surface area contributed by atoms with Gasteiger partial charge in [0.25, 0.3) is 5.91 Å². The van der Waals surface area contributed by atoms with Crippen molar-refractivity contribution in [2.45, 2.75) is 19.9 Å². The van der Waals surface area contributed by atoms with Crippen molar-refractivity contribution in [3.05, 3.63) is 70.3 Å². The SMILES string of the molecule is Cc1cnn(CCCNC(=O)c2cccnc2Oc2ccc(F)cc2Br)c1. The Hall–Kier alpha value is -2.74. The summed E-state index contributed by atoms with van der Waals surface area (Å²) in [6.07, 6.45) is 6.03.